The van der Waals surface area contributed by atoms with E-state index in [1.54, 1.807) is 0 Å². The molecule has 0 unspecified atom stereocenters. The summed E-state index contributed by atoms with van der Waals surface area (Å²) >= 11 is 0. The topological polar surface area (TPSA) is 56.7 Å². The predicted octanol–water partition coefficient (Wildman–Crippen LogP) is 13.1. The van der Waals surface area contributed by atoms with Gasteiger partial charge in [-0.1, -0.05) is 152 Å². The number of benzene rings is 8. The smallest absolute Gasteiger partial charge is 0.227 e. The summed E-state index contributed by atoms with van der Waals surface area (Å²) < 4.78 is 8.60. The van der Waals surface area contributed by atoms with Gasteiger partial charge in [-0.25, -0.2) is 15.0 Å². The summed E-state index contributed by atoms with van der Waals surface area (Å²) in [6, 6.07) is 72.7. The Morgan fingerprint density at radius 3 is 1.88 bits per heavy atom. The molecule has 0 N–H and O–H groups in total. The van der Waals surface area contributed by atoms with Gasteiger partial charge >= 0.3 is 0 Å². The molecule has 1 aliphatic rings. The SMILES string of the molecule is c1ccc(-n2c3ccccc3c3cc(-c4nc(-c5cccc(-c6nc7ccccc7o6)c5)nc5c4C(c4ccccc4)(c4ccccc4)c4ccccc4-5)ccc32)cc1. The molecule has 3 aromatic heterocycles. The number of hydrogen-bond donors (Lipinski definition) is 0. The van der Waals surface area contributed by atoms with Crippen LogP contribution in [0.25, 0.3) is 83.9 Å². The van der Waals surface area contributed by atoms with E-state index in [4.69, 9.17) is 19.4 Å². The summed E-state index contributed by atoms with van der Waals surface area (Å²) in [5.41, 5.74) is 14.5. The minimum Gasteiger partial charge on any atom is -0.436 e. The highest BCUT2D eigenvalue weighted by molar-refractivity contribution is 6.10. The van der Waals surface area contributed by atoms with Crippen molar-refractivity contribution in [3.05, 3.63) is 229 Å². The van der Waals surface area contributed by atoms with Crippen LogP contribution in [0.2, 0.25) is 0 Å². The van der Waals surface area contributed by atoms with Crippen molar-refractivity contribution in [3.63, 3.8) is 0 Å². The van der Waals surface area contributed by atoms with Crippen molar-refractivity contribution in [1.82, 2.24) is 19.5 Å². The van der Waals surface area contributed by atoms with Gasteiger partial charge in [-0.2, -0.15) is 0 Å². The zero-order valence-electron chi connectivity index (χ0n) is 31.8. The van der Waals surface area contributed by atoms with Crippen LogP contribution in [0.4, 0.5) is 0 Å². The highest BCUT2D eigenvalue weighted by Gasteiger charge is 2.49. The van der Waals surface area contributed by atoms with Gasteiger partial charge in [0.1, 0.15) is 5.52 Å². The highest BCUT2D eigenvalue weighted by atomic mass is 16.3. The average Bonchev–Trinajstić information content (AvgIpc) is 3.99. The maximum atomic E-state index is 6.24. The number of para-hydroxylation sites is 4. The molecule has 5 nitrogen and oxygen atoms in total. The van der Waals surface area contributed by atoms with E-state index in [0.29, 0.717) is 11.7 Å². The van der Waals surface area contributed by atoms with E-state index in [-0.39, 0.29) is 0 Å². The van der Waals surface area contributed by atoms with Crippen molar-refractivity contribution >= 4 is 32.9 Å². The first kappa shape index (κ1) is 33.3. The van der Waals surface area contributed by atoms with E-state index in [9.17, 15) is 0 Å². The number of fused-ring (bicyclic) bond motifs is 7. The van der Waals surface area contributed by atoms with Crippen LogP contribution in [0.3, 0.4) is 0 Å². The summed E-state index contributed by atoms with van der Waals surface area (Å²) in [5, 5.41) is 2.35. The number of rotatable bonds is 6. The number of hydrogen-bond acceptors (Lipinski definition) is 4. The first-order valence-corrected chi connectivity index (χ1v) is 19.9. The maximum Gasteiger partial charge on any atom is 0.227 e. The van der Waals surface area contributed by atoms with Gasteiger partial charge in [0.2, 0.25) is 5.89 Å². The average molecular weight is 755 g/mol. The third-order valence-electron chi connectivity index (χ3n) is 11.9. The van der Waals surface area contributed by atoms with Crippen LogP contribution in [0.15, 0.2) is 211 Å². The van der Waals surface area contributed by atoms with Crippen molar-refractivity contribution < 1.29 is 4.42 Å². The van der Waals surface area contributed by atoms with E-state index >= 15 is 0 Å². The molecule has 276 valence electrons. The third-order valence-corrected chi connectivity index (χ3v) is 11.9. The summed E-state index contributed by atoms with van der Waals surface area (Å²) in [6.45, 7) is 0. The molecule has 0 aliphatic heterocycles. The van der Waals surface area contributed by atoms with Gasteiger partial charge < -0.3 is 8.98 Å². The molecule has 11 aromatic rings. The second kappa shape index (κ2) is 13.1. The van der Waals surface area contributed by atoms with Crippen molar-refractivity contribution in [2.24, 2.45) is 0 Å². The molecule has 1 aliphatic carbocycles. The fourth-order valence-corrected chi connectivity index (χ4v) is 9.41. The van der Waals surface area contributed by atoms with Crippen molar-refractivity contribution in [3.8, 4) is 51.0 Å². The van der Waals surface area contributed by atoms with Gasteiger partial charge in [-0.15, -0.1) is 0 Å². The fraction of sp³-hybridized carbons (Fsp3) is 0.0185. The monoisotopic (exact) mass is 754 g/mol. The minimum absolute atomic E-state index is 0.562. The number of nitrogens with zero attached hydrogens (tertiary/aromatic N) is 4. The lowest BCUT2D eigenvalue weighted by Crippen LogP contribution is -2.29. The Balaban J connectivity index is 1.17. The predicted molar refractivity (Wildman–Crippen MR) is 238 cm³/mol. The van der Waals surface area contributed by atoms with Crippen LogP contribution >= 0.6 is 0 Å². The Hall–Kier alpha value is -7.89. The van der Waals surface area contributed by atoms with Crippen LogP contribution in [0, 0.1) is 0 Å². The standard InChI is InChI=1S/C54H34N4O/c1-4-19-38(20-5-1)54(39-21-6-2-7-22-39)44-27-12-10-26-42(44)51-49(54)50(56-52(57-51)36-17-16-18-37(33-36)53-55-45-28-13-15-30-48(45)59-53)35-31-32-47-43(34-35)41-25-11-14-29-46(41)58(47)40-23-8-3-9-24-40/h1-34H. The van der Waals surface area contributed by atoms with E-state index < -0.39 is 5.41 Å². The zero-order valence-corrected chi connectivity index (χ0v) is 31.8. The van der Waals surface area contributed by atoms with Gasteiger partial charge in [0.25, 0.3) is 0 Å². The van der Waals surface area contributed by atoms with Gasteiger partial charge in [-0.3, -0.25) is 0 Å². The quantitative estimate of drug-likeness (QED) is 0.170. The first-order chi connectivity index (χ1) is 29.3. The van der Waals surface area contributed by atoms with Crippen LogP contribution < -0.4 is 0 Å². The third kappa shape index (κ3) is 5.01. The molecule has 0 amide bonds. The Morgan fingerprint density at radius 1 is 0.441 bits per heavy atom. The maximum absolute atomic E-state index is 6.24. The first-order valence-electron chi connectivity index (χ1n) is 19.9. The Bertz CT molecular complexity index is 3310. The van der Waals surface area contributed by atoms with E-state index in [1.165, 1.54) is 10.9 Å². The molecule has 0 fully saturated rings. The fourth-order valence-electron chi connectivity index (χ4n) is 9.41. The second-order valence-corrected chi connectivity index (χ2v) is 15.1. The van der Waals surface area contributed by atoms with Gasteiger partial charge in [0.15, 0.2) is 11.4 Å². The number of oxazole rings is 1. The molecule has 0 spiro atoms. The molecule has 59 heavy (non-hydrogen) atoms. The van der Waals surface area contributed by atoms with Crippen molar-refractivity contribution in [1.29, 1.82) is 0 Å². The summed E-state index contributed by atoms with van der Waals surface area (Å²) in [7, 11) is 0. The van der Waals surface area contributed by atoms with Gasteiger partial charge in [0, 0.05) is 44.3 Å². The Labute approximate surface area is 340 Å². The van der Waals surface area contributed by atoms with Crippen molar-refractivity contribution in [2.45, 2.75) is 5.41 Å². The molecular weight excluding hydrogens is 721 g/mol. The largest absolute Gasteiger partial charge is 0.436 e. The van der Waals surface area contributed by atoms with Gasteiger partial charge in [-0.05, 0) is 71.3 Å². The molecule has 5 heteroatoms. The lowest BCUT2D eigenvalue weighted by Gasteiger charge is -2.34. The molecule has 0 bridgehead atoms. The molecule has 12 rings (SSSR count). The van der Waals surface area contributed by atoms with E-state index in [1.807, 2.05) is 36.4 Å². The molecule has 0 atom stereocenters. The van der Waals surface area contributed by atoms with E-state index in [0.717, 1.165) is 83.5 Å². The zero-order chi connectivity index (χ0) is 38.9. The van der Waals surface area contributed by atoms with Crippen LogP contribution in [0.5, 0.6) is 0 Å². The lowest BCUT2D eigenvalue weighted by atomic mass is 9.67. The lowest BCUT2D eigenvalue weighted by molar-refractivity contribution is 0.620. The Morgan fingerprint density at radius 2 is 1.08 bits per heavy atom. The summed E-state index contributed by atoms with van der Waals surface area (Å²) in [5.74, 6) is 1.20. The van der Waals surface area contributed by atoms with Gasteiger partial charge in [0.05, 0.1) is 27.8 Å². The second-order valence-electron chi connectivity index (χ2n) is 15.1. The van der Waals surface area contributed by atoms with Crippen LogP contribution in [-0.4, -0.2) is 19.5 Å². The van der Waals surface area contributed by atoms with Crippen LogP contribution in [0.1, 0.15) is 22.3 Å². The molecular formula is C54H34N4O. The normalized spacial score (nSPS) is 12.9. The Kier molecular flexibility index (Phi) is 7.38. The number of aromatic nitrogens is 4. The van der Waals surface area contributed by atoms with Crippen LogP contribution in [-0.2, 0) is 5.41 Å². The van der Waals surface area contributed by atoms with Crippen molar-refractivity contribution in [2.75, 3.05) is 0 Å². The highest BCUT2D eigenvalue weighted by Crippen LogP contribution is 2.58. The molecule has 8 aromatic carbocycles. The molecule has 0 saturated carbocycles. The molecule has 0 saturated heterocycles. The summed E-state index contributed by atoms with van der Waals surface area (Å²) in [6.07, 6.45) is 0. The van der Waals surface area contributed by atoms with E-state index in [2.05, 4.69) is 174 Å². The minimum atomic E-state index is -0.699. The molecule has 0 radical (unpaired) electrons. The molecule has 3 heterocycles. The summed E-state index contributed by atoms with van der Waals surface area (Å²) in [4.78, 5) is 16.1.